The van der Waals surface area contributed by atoms with Crippen LogP contribution in [0.4, 0.5) is 0 Å². The van der Waals surface area contributed by atoms with Crippen molar-refractivity contribution in [3.05, 3.63) is 47.0 Å². The number of ketones is 1. The number of carbonyl (C=O) groups is 1. The van der Waals surface area contributed by atoms with Crippen molar-refractivity contribution < 1.29 is 29.6 Å². The standard InChI is InChI=1S/C18H18O6/c1-10-13(23-2)7-14-15(16(10)20)17(21)18(22,9-24-14)8-11-3-5-12(19)6-4-11/h3-7,19-20,22H,8-9H2,1-2H3/t18-/m0/s1. The molecule has 6 heteroatoms. The highest BCUT2D eigenvalue weighted by Crippen LogP contribution is 2.42. The monoisotopic (exact) mass is 330 g/mol. The van der Waals surface area contributed by atoms with Gasteiger partial charge >= 0.3 is 0 Å². The maximum atomic E-state index is 12.8. The van der Waals surface area contributed by atoms with Gasteiger partial charge in [0, 0.05) is 18.1 Å². The lowest BCUT2D eigenvalue weighted by Crippen LogP contribution is -2.49. The van der Waals surface area contributed by atoms with E-state index in [1.165, 1.54) is 25.3 Å². The predicted molar refractivity (Wildman–Crippen MR) is 86.0 cm³/mol. The van der Waals surface area contributed by atoms with Crippen molar-refractivity contribution in [1.82, 2.24) is 0 Å². The van der Waals surface area contributed by atoms with E-state index in [1.807, 2.05) is 0 Å². The Hall–Kier alpha value is -2.73. The van der Waals surface area contributed by atoms with Gasteiger partial charge in [0.25, 0.3) is 0 Å². The van der Waals surface area contributed by atoms with Gasteiger partial charge in [-0.1, -0.05) is 12.1 Å². The van der Waals surface area contributed by atoms with Crippen molar-refractivity contribution in [2.45, 2.75) is 18.9 Å². The Bertz CT molecular complexity index is 796. The van der Waals surface area contributed by atoms with E-state index in [-0.39, 0.29) is 35.8 Å². The van der Waals surface area contributed by atoms with Crippen molar-refractivity contribution >= 4 is 5.78 Å². The second kappa shape index (κ2) is 5.72. The second-order valence-electron chi connectivity index (χ2n) is 5.92. The van der Waals surface area contributed by atoms with Crippen LogP contribution in [0.2, 0.25) is 0 Å². The third-order valence-electron chi connectivity index (χ3n) is 4.24. The molecule has 126 valence electrons. The van der Waals surface area contributed by atoms with Crippen LogP contribution in [0, 0.1) is 6.92 Å². The molecule has 0 unspecified atom stereocenters. The van der Waals surface area contributed by atoms with E-state index < -0.39 is 11.4 Å². The summed E-state index contributed by atoms with van der Waals surface area (Å²) in [5, 5.41) is 30.4. The first-order valence-corrected chi connectivity index (χ1v) is 7.44. The molecule has 0 spiro atoms. The Morgan fingerprint density at radius 3 is 2.54 bits per heavy atom. The van der Waals surface area contributed by atoms with Gasteiger partial charge in [0.15, 0.2) is 5.60 Å². The summed E-state index contributed by atoms with van der Waals surface area (Å²) < 4.78 is 10.7. The lowest BCUT2D eigenvalue weighted by Gasteiger charge is -2.33. The summed E-state index contributed by atoms with van der Waals surface area (Å²) >= 11 is 0. The summed E-state index contributed by atoms with van der Waals surface area (Å²) in [5.74, 6) is -0.153. The first kappa shape index (κ1) is 16.1. The molecular weight excluding hydrogens is 312 g/mol. The van der Waals surface area contributed by atoms with Crippen molar-refractivity contribution in [2.24, 2.45) is 0 Å². The van der Waals surface area contributed by atoms with Gasteiger partial charge in [-0.3, -0.25) is 4.79 Å². The normalized spacial score (nSPS) is 19.5. The smallest absolute Gasteiger partial charge is 0.205 e. The molecule has 1 atom stereocenters. The van der Waals surface area contributed by atoms with E-state index in [0.29, 0.717) is 16.9 Å². The van der Waals surface area contributed by atoms with Gasteiger partial charge in [-0.25, -0.2) is 0 Å². The molecule has 0 aromatic heterocycles. The minimum Gasteiger partial charge on any atom is -0.508 e. The van der Waals surface area contributed by atoms with Crippen LogP contribution in [0.3, 0.4) is 0 Å². The maximum absolute atomic E-state index is 12.8. The van der Waals surface area contributed by atoms with Crippen LogP contribution in [0.1, 0.15) is 21.5 Å². The molecule has 2 aromatic rings. The topological polar surface area (TPSA) is 96.2 Å². The number of hydrogen-bond donors (Lipinski definition) is 3. The zero-order valence-corrected chi connectivity index (χ0v) is 13.4. The minimum atomic E-state index is -1.79. The van der Waals surface area contributed by atoms with Crippen molar-refractivity contribution in [2.75, 3.05) is 13.7 Å². The maximum Gasteiger partial charge on any atom is 0.205 e. The molecule has 1 aliphatic rings. The van der Waals surface area contributed by atoms with E-state index in [4.69, 9.17) is 9.47 Å². The molecule has 3 rings (SSSR count). The minimum absolute atomic E-state index is 0.00999. The van der Waals surface area contributed by atoms with Gasteiger partial charge in [0.2, 0.25) is 5.78 Å². The highest BCUT2D eigenvalue weighted by Gasteiger charge is 2.44. The number of ether oxygens (including phenoxy) is 2. The number of rotatable bonds is 3. The van der Waals surface area contributed by atoms with Crippen LogP contribution in [0.25, 0.3) is 0 Å². The van der Waals surface area contributed by atoms with Gasteiger partial charge < -0.3 is 24.8 Å². The highest BCUT2D eigenvalue weighted by molar-refractivity contribution is 6.08. The first-order valence-electron chi connectivity index (χ1n) is 7.44. The lowest BCUT2D eigenvalue weighted by molar-refractivity contribution is -0.00243. The Morgan fingerprint density at radius 1 is 1.25 bits per heavy atom. The predicted octanol–water partition coefficient (Wildman–Crippen LogP) is 1.96. The summed E-state index contributed by atoms with van der Waals surface area (Å²) in [6.07, 6.45) is 0.00999. The molecule has 24 heavy (non-hydrogen) atoms. The molecule has 2 aromatic carbocycles. The first-order chi connectivity index (χ1) is 11.4. The molecular formula is C18H18O6. The van der Waals surface area contributed by atoms with Crippen molar-refractivity contribution in [3.8, 4) is 23.0 Å². The third kappa shape index (κ3) is 2.55. The van der Waals surface area contributed by atoms with Gasteiger partial charge in [-0.15, -0.1) is 0 Å². The quantitative estimate of drug-likeness (QED) is 0.796. The van der Waals surface area contributed by atoms with Crippen molar-refractivity contribution in [3.63, 3.8) is 0 Å². The molecule has 0 bridgehead atoms. The van der Waals surface area contributed by atoms with Crippen LogP contribution >= 0.6 is 0 Å². The van der Waals surface area contributed by atoms with Crippen molar-refractivity contribution in [1.29, 1.82) is 0 Å². The molecule has 0 radical (unpaired) electrons. The highest BCUT2D eigenvalue weighted by atomic mass is 16.5. The molecule has 3 N–H and O–H groups in total. The number of methoxy groups -OCH3 is 1. The molecule has 0 amide bonds. The molecule has 0 saturated carbocycles. The van der Waals surface area contributed by atoms with Crippen LogP contribution in [-0.4, -0.2) is 40.4 Å². The fraction of sp³-hybridized carbons (Fsp3) is 0.278. The molecule has 0 saturated heterocycles. The number of aromatic hydroxyl groups is 2. The second-order valence-corrected chi connectivity index (χ2v) is 5.92. The number of phenols is 2. The SMILES string of the molecule is COc1cc2c(c(O)c1C)C(=O)[C@](O)(Cc1ccc(O)cc1)CO2. The Morgan fingerprint density at radius 2 is 1.92 bits per heavy atom. The van der Waals surface area contributed by atoms with Gasteiger partial charge in [0.05, 0.1) is 7.11 Å². The zero-order valence-electron chi connectivity index (χ0n) is 13.4. The molecule has 6 nitrogen and oxygen atoms in total. The average Bonchev–Trinajstić information content (AvgIpc) is 2.56. The van der Waals surface area contributed by atoms with Crippen LogP contribution in [0.15, 0.2) is 30.3 Å². The summed E-state index contributed by atoms with van der Waals surface area (Å²) in [6, 6.07) is 7.73. The summed E-state index contributed by atoms with van der Waals surface area (Å²) in [5.41, 5.74) is -0.758. The van der Waals surface area contributed by atoms with E-state index in [0.717, 1.165) is 0 Å². The number of fused-ring (bicyclic) bond motifs is 1. The Kier molecular flexibility index (Phi) is 3.85. The lowest BCUT2D eigenvalue weighted by atomic mass is 9.84. The number of hydrogen-bond acceptors (Lipinski definition) is 6. The summed E-state index contributed by atoms with van der Waals surface area (Å²) in [7, 11) is 1.46. The van der Waals surface area contributed by atoms with E-state index in [2.05, 4.69) is 0 Å². The number of Topliss-reactive ketones (excluding diaryl/α,β-unsaturated/α-hetero) is 1. The van der Waals surface area contributed by atoms with Gasteiger partial charge in [0.1, 0.15) is 35.2 Å². The number of phenolic OH excluding ortho intramolecular Hbond substituents is 2. The summed E-state index contributed by atoms with van der Waals surface area (Å²) in [6.45, 7) is 1.39. The largest absolute Gasteiger partial charge is 0.508 e. The number of aliphatic hydroxyl groups is 1. The summed E-state index contributed by atoms with van der Waals surface area (Å²) in [4.78, 5) is 12.8. The van der Waals surface area contributed by atoms with Crippen LogP contribution in [0.5, 0.6) is 23.0 Å². The van der Waals surface area contributed by atoms with E-state index >= 15 is 0 Å². The zero-order chi connectivity index (χ0) is 17.5. The Balaban J connectivity index is 1.99. The average molecular weight is 330 g/mol. The van der Waals surface area contributed by atoms with E-state index in [9.17, 15) is 20.1 Å². The number of benzene rings is 2. The molecule has 0 fully saturated rings. The van der Waals surface area contributed by atoms with E-state index in [1.54, 1.807) is 19.1 Å². The van der Waals surface area contributed by atoms with Crippen LogP contribution in [-0.2, 0) is 6.42 Å². The fourth-order valence-electron chi connectivity index (χ4n) is 2.84. The molecule has 1 heterocycles. The van der Waals surface area contributed by atoms with Gasteiger partial charge in [-0.2, -0.15) is 0 Å². The molecule has 1 aliphatic heterocycles. The molecule has 0 aliphatic carbocycles. The third-order valence-corrected chi connectivity index (χ3v) is 4.24. The Labute approximate surface area is 138 Å². The van der Waals surface area contributed by atoms with Crippen LogP contribution < -0.4 is 9.47 Å². The van der Waals surface area contributed by atoms with Gasteiger partial charge in [-0.05, 0) is 24.6 Å². The number of carbonyl (C=O) groups excluding carboxylic acids is 1. The fourth-order valence-corrected chi connectivity index (χ4v) is 2.84.